The van der Waals surface area contributed by atoms with Crippen LogP contribution in [0.4, 0.5) is 5.69 Å². The lowest BCUT2D eigenvalue weighted by atomic mass is 10.0. The van der Waals surface area contributed by atoms with Crippen molar-refractivity contribution in [3.63, 3.8) is 0 Å². The van der Waals surface area contributed by atoms with Gasteiger partial charge in [0.25, 0.3) is 0 Å². The molecule has 0 atom stereocenters. The van der Waals surface area contributed by atoms with Crippen molar-refractivity contribution in [2.45, 2.75) is 27.2 Å². The van der Waals surface area contributed by atoms with Crippen LogP contribution in [0.1, 0.15) is 23.6 Å². The fourth-order valence-electron chi connectivity index (χ4n) is 1.62. The third kappa shape index (κ3) is 4.11. The molecule has 0 bridgehead atoms. The molecule has 0 saturated carbocycles. The van der Waals surface area contributed by atoms with Crippen LogP contribution in [0.15, 0.2) is 17.1 Å². The second-order valence-electron chi connectivity index (χ2n) is 4.53. The lowest BCUT2D eigenvalue weighted by Crippen LogP contribution is -2.14. The smallest absolute Gasteiger partial charge is 0.0909 e. The van der Waals surface area contributed by atoms with Crippen LogP contribution in [-0.4, -0.2) is 29.8 Å². The average molecular weight is 263 g/mol. The number of benzene rings is 1. The Bertz CT molecular complexity index is 466. The number of aryl methyl sites for hydroxylation is 2. The second kappa shape index (κ2) is 6.50. The summed E-state index contributed by atoms with van der Waals surface area (Å²) in [5, 5.41) is 0. The highest BCUT2D eigenvalue weighted by molar-refractivity contribution is 7.80. The molecule has 0 radical (unpaired) electrons. The van der Waals surface area contributed by atoms with Gasteiger partial charge in [0, 0.05) is 20.0 Å². The predicted octanol–water partition coefficient (Wildman–Crippen LogP) is 2.74. The molecule has 1 aromatic carbocycles. The van der Waals surface area contributed by atoms with E-state index in [9.17, 15) is 0 Å². The molecule has 0 heterocycles. The first-order valence-electron chi connectivity index (χ1n) is 6.07. The molecule has 0 fully saturated rings. The summed E-state index contributed by atoms with van der Waals surface area (Å²) in [5.74, 6) is 0. The summed E-state index contributed by atoms with van der Waals surface area (Å²) in [6.07, 6.45) is 2.51. The van der Waals surface area contributed by atoms with Crippen LogP contribution in [0, 0.1) is 13.8 Å². The number of nitrogens with two attached hydrogens (primary N) is 1. The van der Waals surface area contributed by atoms with Gasteiger partial charge in [0.15, 0.2) is 0 Å². The number of hydrogen-bond acceptors (Lipinski definition) is 2. The maximum Gasteiger partial charge on any atom is 0.0909 e. The number of hydrogen-bond donors (Lipinski definition) is 1. The zero-order chi connectivity index (χ0) is 13.7. The normalized spacial score (nSPS) is 10.9. The van der Waals surface area contributed by atoms with Crippen molar-refractivity contribution in [1.82, 2.24) is 4.90 Å². The molecule has 4 heteroatoms. The fourth-order valence-corrected chi connectivity index (χ4v) is 1.78. The van der Waals surface area contributed by atoms with E-state index < -0.39 is 0 Å². The van der Waals surface area contributed by atoms with Crippen molar-refractivity contribution in [1.29, 1.82) is 0 Å². The van der Waals surface area contributed by atoms with Crippen molar-refractivity contribution < 1.29 is 0 Å². The van der Waals surface area contributed by atoms with E-state index in [0.29, 0.717) is 11.4 Å². The predicted molar refractivity (Wildman–Crippen MR) is 82.9 cm³/mol. The first kappa shape index (κ1) is 14.6. The van der Waals surface area contributed by atoms with Gasteiger partial charge in [0.2, 0.25) is 0 Å². The van der Waals surface area contributed by atoms with Crippen LogP contribution in [0.5, 0.6) is 0 Å². The van der Waals surface area contributed by atoms with Gasteiger partial charge >= 0.3 is 0 Å². The quantitative estimate of drug-likeness (QED) is 0.504. The zero-order valence-electron chi connectivity index (χ0n) is 11.5. The largest absolute Gasteiger partial charge is 0.393 e. The van der Waals surface area contributed by atoms with Gasteiger partial charge in [0.05, 0.1) is 17.0 Å². The van der Waals surface area contributed by atoms with Crippen LogP contribution in [0.25, 0.3) is 0 Å². The Hall–Kier alpha value is -1.42. The molecule has 1 aromatic rings. The van der Waals surface area contributed by atoms with Crippen LogP contribution < -0.4 is 5.73 Å². The minimum absolute atomic E-state index is 0.527. The summed E-state index contributed by atoms with van der Waals surface area (Å²) in [5.41, 5.74) is 10.1. The van der Waals surface area contributed by atoms with Crippen molar-refractivity contribution in [3.8, 4) is 0 Å². The Morgan fingerprint density at radius 2 is 2.06 bits per heavy atom. The van der Waals surface area contributed by atoms with E-state index in [1.165, 1.54) is 11.1 Å². The summed E-state index contributed by atoms with van der Waals surface area (Å²) in [6, 6.07) is 4.20. The Morgan fingerprint density at radius 3 is 2.61 bits per heavy atom. The van der Waals surface area contributed by atoms with Crippen LogP contribution in [0.3, 0.4) is 0 Å². The molecule has 1 rings (SSSR count). The van der Waals surface area contributed by atoms with Crippen molar-refractivity contribution in [2.24, 2.45) is 10.7 Å². The maximum atomic E-state index is 5.59. The molecule has 0 saturated heterocycles. The zero-order valence-corrected chi connectivity index (χ0v) is 12.3. The summed E-state index contributed by atoms with van der Waals surface area (Å²) in [6.45, 7) is 7.16. The molecule has 0 aromatic heterocycles. The molecule has 18 heavy (non-hydrogen) atoms. The highest BCUT2D eigenvalue weighted by Crippen LogP contribution is 2.23. The number of nitrogens with zero attached hydrogens (tertiary/aromatic N) is 2. The van der Waals surface area contributed by atoms with E-state index in [0.717, 1.165) is 17.8 Å². The van der Waals surface area contributed by atoms with Crippen molar-refractivity contribution >= 4 is 29.2 Å². The monoisotopic (exact) mass is 263 g/mol. The van der Waals surface area contributed by atoms with Gasteiger partial charge in [-0.15, -0.1) is 0 Å². The molecule has 0 aliphatic rings. The fraction of sp³-hybridized carbons (Fsp3) is 0.429. The summed E-state index contributed by atoms with van der Waals surface area (Å²) in [4.78, 5) is 7.06. The number of aliphatic imine (C=N–C) groups is 1. The Balaban J connectivity index is 2.99. The molecule has 2 N–H and O–H groups in total. The molecule has 0 aliphatic carbocycles. The van der Waals surface area contributed by atoms with Crippen LogP contribution in [-0.2, 0) is 6.42 Å². The molecule has 0 spiro atoms. The van der Waals surface area contributed by atoms with Gasteiger partial charge in [-0.3, -0.25) is 0 Å². The maximum absolute atomic E-state index is 5.59. The highest BCUT2D eigenvalue weighted by atomic mass is 32.1. The third-order valence-corrected chi connectivity index (χ3v) is 3.06. The van der Waals surface area contributed by atoms with Crippen molar-refractivity contribution in [2.75, 3.05) is 13.6 Å². The lowest BCUT2D eigenvalue weighted by molar-refractivity contribution is 0.552. The molecular weight excluding hydrogens is 242 g/mol. The Morgan fingerprint density at radius 1 is 1.39 bits per heavy atom. The minimum Gasteiger partial charge on any atom is -0.393 e. The van der Waals surface area contributed by atoms with Crippen molar-refractivity contribution in [3.05, 3.63) is 28.8 Å². The van der Waals surface area contributed by atoms with E-state index in [2.05, 4.69) is 37.9 Å². The third-order valence-electron chi connectivity index (χ3n) is 2.91. The standard InChI is InChI=1S/C14H21N3S/c1-5-17(4)9-16-13-7-10(2)12(6-11(13)3)8-14(15)18/h6-7,9H,5,8H2,1-4H3,(H2,15,18). The molecule has 0 aliphatic heterocycles. The van der Waals surface area contributed by atoms with Gasteiger partial charge in [-0.05, 0) is 43.5 Å². The average Bonchev–Trinajstić information content (AvgIpc) is 2.30. The summed E-state index contributed by atoms with van der Waals surface area (Å²) < 4.78 is 0. The summed E-state index contributed by atoms with van der Waals surface area (Å²) >= 11 is 4.96. The highest BCUT2D eigenvalue weighted by Gasteiger charge is 2.05. The van der Waals surface area contributed by atoms with Crippen LogP contribution in [0.2, 0.25) is 0 Å². The molecular formula is C14H21N3S. The van der Waals surface area contributed by atoms with Gasteiger partial charge < -0.3 is 10.6 Å². The lowest BCUT2D eigenvalue weighted by Gasteiger charge is -2.11. The minimum atomic E-state index is 0.527. The topological polar surface area (TPSA) is 41.6 Å². The molecule has 98 valence electrons. The van der Waals surface area contributed by atoms with Gasteiger partial charge in [-0.2, -0.15) is 0 Å². The first-order valence-corrected chi connectivity index (χ1v) is 6.47. The number of thiocarbonyl (C=S) groups is 1. The van der Waals surface area contributed by atoms with Gasteiger partial charge in [0.1, 0.15) is 0 Å². The summed E-state index contributed by atoms with van der Waals surface area (Å²) in [7, 11) is 2.01. The van der Waals surface area contributed by atoms with E-state index in [-0.39, 0.29) is 0 Å². The van der Waals surface area contributed by atoms with E-state index in [1.54, 1.807) is 0 Å². The Labute approximate surface area is 115 Å². The first-order chi connectivity index (χ1) is 8.43. The SMILES string of the molecule is CCN(C)C=Nc1cc(C)c(CC(N)=S)cc1C. The van der Waals surface area contributed by atoms with E-state index in [1.807, 2.05) is 18.3 Å². The van der Waals surface area contributed by atoms with Crippen LogP contribution >= 0.6 is 12.2 Å². The van der Waals surface area contributed by atoms with Gasteiger partial charge in [-0.1, -0.05) is 18.3 Å². The Kier molecular flexibility index (Phi) is 5.28. The molecule has 3 nitrogen and oxygen atoms in total. The van der Waals surface area contributed by atoms with E-state index >= 15 is 0 Å². The second-order valence-corrected chi connectivity index (χ2v) is 5.05. The van der Waals surface area contributed by atoms with E-state index in [4.69, 9.17) is 18.0 Å². The molecule has 0 unspecified atom stereocenters. The number of rotatable bonds is 5. The van der Waals surface area contributed by atoms with Gasteiger partial charge in [-0.25, -0.2) is 4.99 Å². The molecule has 0 amide bonds.